The lowest BCUT2D eigenvalue weighted by atomic mass is 10.1. The lowest BCUT2D eigenvalue weighted by molar-refractivity contribution is 0.187. The highest BCUT2D eigenvalue weighted by Gasteiger charge is 2.23. The van der Waals surface area contributed by atoms with E-state index in [0.717, 1.165) is 50.4 Å². The van der Waals surface area contributed by atoms with Gasteiger partial charge in [-0.25, -0.2) is 8.78 Å². The minimum absolute atomic E-state index is 0. The molecule has 31 heavy (non-hydrogen) atoms. The molecule has 0 amide bonds. The maximum absolute atomic E-state index is 14.1. The van der Waals surface area contributed by atoms with E-state index in [2.05, 4.69) is 10.2 Å². The molecule has 2 saturated heterocycles. The number of hydrogen-bond acceptors (Lipinski definition) is 4. The van der Waals surface area contributed by atoms with Crippen LogP contribution in [0.2, 0.25) is 0 Å². The van der Waals surface area contributed by atoms with E-state index < -0.39 is 11.6 Å². The standard InChI is InChI=1S/C22H28F2N4O2.HI/c23-18-3-4-20(24)21(14-18)27-8-10-28(11-9-27)22(26-15-17-6-13-29-16-17)25-7-5-19-2-1-12-30-19;/h1-4,12,14,17H,5-11,13,15-16H2,(H,25,26);1H. The molecule has 1 aromatic heterocycles. The Hall–Kier alpha value is -1.88. The van der Waals surface area contributed by atoms with Crippen molar-refractivity contribution in [3.8, 4) is 0 Å². The monoisotopic (exact) mass is 546 g/mol. The van der Waals surface area contributed by atoms with Crippen LogP contribution in [0.1, 0.15) is 12.2 Å². The van der Waals surface area contributed by atoms with Crippen LogP contribution >= 0.6 is 24.0 Å². The van der Waals surface area contributed by atoms with Crippen molar-refractivity contribution >= 4 is 35.6 Å². The van der Waals surface area contributed by atoms with Crippen molar-refractivity contribution in [1.29, 1.82) is 0 Å². The molecule has 0 radical (unpaired) electrons. The van der Waals surface area contributed by atoms with Crippen molar-refractivity contribution in [2.75, 3.05) is 57.4 Å². The van der Waals surface area contributed by atoms with Crippen LogP contribution < -0.4 is 10.2 Å². The molecule has 0 spiro atoms. The molecule has 9 heteroatoms. The predicted octanol–water partition coefficient (Wildman–Crippen LogP) is 3.52. The van der Waals surface area contributed by atoms with Crippen LogP contribution in [0.5, 0.6) is 0 Å². The largest absolute Gasteiger partial charge is 0.469 e. The maximum Gasteiger partial charge on any atom is 0.194 e. The van der Waals surface area contributed by atoms with Gasteiger partial charge in [0.2, 0.25) is 0 Å². The zero-order chi connectivity index (χ0) is 20.8. The summed E-state index contributed by atoms with van der Waals surface area (Å²) in [7, 11) is 0. The highest BCUT2D eigenvalue weighted by Crippen LogP contribution is 2.22. The van der Waals surface area contributed by atoms with Gasteiger partial charge in [-0.1, -0.05) is 0 Å². The molecule has 1 unspecified atom stereocenters. The number of halogens is 3. The Kier molecular flexibility index (Phi) is 8.94. The molecule has 2 aliphatic heterocycles. The number of guanidine groups is 1. The van der Waals surface area contributed by atoms with Gasteiger partial charge in [-0.15, -0.1) is 24.0 Å². The van der Waals surface area contributed by atoms with Gasteiger partial charge in [-0.05, 0) is 30.7 Å². The van der Waals surface area contributed by atoms with Crippen LogP contribution in [0.15, 0.2) is 46.0 Å². The van der Waals surface area contributed by atoms with Gasteiger partial charge in [0.25, 0.3) is 0 Å². The van der Waals surface area contributed by atoms with Gasteiger partial charge in [-0.3, -0.25) is 4.99 Å². The van der Waals surface area contributed by atoms with Crippen molar-refractivity contribution in [1.82, 2.24) is 10.2 Å². The maximum atomic E-state index is 14.1. The van der Waals surface area contributed by atoms with E-state index in [9.17, 15) is 8.78 Å². The van der Waals surface area contributed by atoms with Crippen LogP contribution in [-0.4, -0.2) is 63.3 Å². The fourth-order valence-electron chi connectivity index (χ4n) is 3.85. The predicted molar refractivity (Wildman–Crippen MR) is 127 cm³/mol. The lowest BCUT2D eigenvalue weighted by Crippen LogP contribution is -2.53. The Morgan fingerprint density at radius 3 is 2.71 bits per heavy atom. The molecular formula is C22H29F2IN4O2. The van der Waals surface area contributed by atoms with Gasteiger partial charge in [0.1, 0.15) is 17.4 Å². The number of piperazine rings is 1. The number of rotatable bonds is 6. The number of furan rings is 1. The quantitative estimate of drug-likeness (QED) is 0.342. The lowest BCUT2D eigenvalue weighted by Gasteiger charge is -2.38. The zero-order valence-electron chi connectivity index (χ0n) is 17.4. The summed E-state index contributed by atoms with van der Waals surface area (Å²) in [4.78, 5) is 8.92. The summed E-state index contributed by atoms with van der Waals surface area (Å²) in [6.07, 6.45) is 3.48. The molecule has 6 nitrogen and oxygen atoms in total. The second-order valence-electron chi connectivity index (χ2n) is 7.72. The number of nitrogens with one attached hydrogen (secondary N) is 1. The molecule has 2 fully saturated rings. The van der Waals surface area contributed by atoms with Gasteiger partial charge in [0.15, 0.2) is 5.96 Å². The summed E-state index contributed by atoms with van der Waals surface area (Å²) in [5.41, 5.74) is 0.321. The molecule has 4 rings (SSSR count). The van der Waals surface area contributed by atoms with E-state index in [-0.39, 0.29) is 24.0 Å². The molecule has 1 atom stereocenters. The second kappa shape index (κ2) is 11.7. The smallest absolute Gasteiger partial charge is 0.194 e. The molecule has 0 bridgehead atoms. The number of benzene rings is 1. The Labute approximate surface area is 198 Å². The molecule has 0 aliphatic carbocycles. The van der Waals surface area contributed by atoms with Gasteiger partial charge in [0, 0.05) is 64.3 Å². The first-order valence-electron chi connectivity index (χ1n) is 10.5. The minimum Gasteiger partial charge on any atom is -0.469 e. The summed E-state index contributed by atoms with van der Waals surface area (Å²) in [6, 6.07) is 7.44. The van der Waals surface area contributed by atoms with Crippen LogP contribution in [0.25, 0.3) is 0 Å². The van der Waals surface area contributed by atoms with Gasteiger partial charge < -0.3 is 24.3 Å². The first-order valence-corrected chi connectivity index (χ1v) is 10.5. The van der Waals surface area contributed by atoms with E-state index >= 15 is 0 Å². The van der Waals surface area contributed by atoms with E-state index in [1.165, 1.54) is 12.1 Å². The SMILES string of the molecule is Fc1ccc(F)c(N2CCN(C(=NCC3CCOC3)NCCc3ccco3)CC2)c1.I. The molecule has 3 heterocycles. The molecule has 2 aromatic rings. The average molecular weight is 546 g/mol. The first-order chi connectivity index (χ1) is 14.7. The number of hydrogen-bond donors (Lipinski definition) is 1. The molecule has 1 N–H and O–H groups in total. The zero-order valence-corrected chi connectivity index (χ0v) is 19.8. The molecular weight excluding hydrogens is 517 g/mol. The summed E-state index contributed by atoms with van der Waals surface area (Å²) < 4.78 is 38.5. The minimum atomic E-state index is -0.422. The summed E-state index contributed by atoms with van der Waals surface area (Å²) in [6.45, 7) is 5.58. The molecule has 170 valence electrons. The molecule has 2 aliphatic rings. The van der Waals surface area contributed by atoms with E-state index in [4.69, 9.17) is 14.1 Å². The van der Waals surface area contributed by atoms with Crippen molar-refractivity contribution in [3.05, 3.63) is 54.0 Å². The number of anilines is 1. The average Bonchev–Trinajstić information content (AvgIpc) is 3.47. The van der Waals surface area contributed by atoms with Crippen molar-refractivity contribution in [2.45, 2.75) is 12.8 Å². The van der Waals surface area contributed by atoms with Crippen molar-refractivity contribution in [2.24, 2.45) is 10.9 Å². The van der Waals surface area contributed by atoms with Crippen LogP contribution in [0.3, 0.4) is 0 Å². The third-order valence-corrected chi connectivity index (χ3v) is 5.59. The Bertz CT molecular complexity index is 836. The number of aliphatic imine (C=N–C) groups is 1. The van der Waals surface area contributed by atoms with Crippen molar-refractivity contribution < 1.29 is 17.9 Å². The first kappa shape index (κ1) is 23.8. The fraction of sp³-hybridized carbons (Fsp3) is 0.500. The van der Waals surface area contributed by atoms with Crippen LogP contribution in [0.4, 0.5) is 14.5 Å². The van der Waals surface area contributed by atoms with Gasteiger partial charge in [-0.2, -0.15) is 0 Å². The highest BCUT2D eigenvalue weighted by atomic mass is 127. The van der Waals surface area contributed by atoms with Crippen LogP contribution in [-0.2, 0) is 11.2 Å². The van der Waals surface area contributed by atoms with E-state index in [1.807, 2.05) is 17.0 Å². The van der Waals surface area contributed by atoms with Crippen molar-refractivity contribution in [3.63, 3.8) is 0 Å². The van der Waals surface area contributed by atoms with Crippen LogP contribution in [0, 0.1) is 17.6 Å². The molecule has 0 saturated carbocycles. The Morgan fingerprint density at radius 1 is 1.16 bits per heavy atom. The fourth-order valence-corrected chi connectivity index (χ4v) is 3.85. The number of nitrogens with zero attached hydrogens (tertiary/aromatic N) is 3. The topological polar surface area (TPSA) is 53.2 Å². The summed E-state index contributed by atoms with van der Waals surface area (Å²) >= 11 is 0. The summed E-state index contributed by atoms with van der Waals surface area (Å²) in [5.74, 6) is 1.42. The summed E-state index contributed by atoms with van der Waals surface area (Å²) in [5, 5.41) is 3.45. The van der Waals surface area contributed by atoms with E-state index in [0.29, 0.717) is 44.3 Å². The number of ether oxygens (including phenoxy) is 1. The third-order valence-electron chi connectivity index (χ3n) is 5.59. The Balaban J connectivity index is 0.00000272. The second-order valence-corrected chi connectivity index (χ2v) is 7.72. The third kappa shape index (κ3) is 6.55. The molecule has 1 aromatic carbocycles. The Morgan fingerprint density at radius 2 is 2.00 bits per heavy atom. The van der Waals surface area contributed by atoms with E-state index in [1.54, 1.807) is 6.26 Å². The normalized spacial score (nSPS) is 19.4. The van der Waals surface area contributed by atoms with Gasteiger partial charge >= 0.3 is 0 Å². The van der Waals surface area contributed by atoms with Gasteiger partial charge in [0.05, 0.1) is 18.6 Å². The highest BCUT2D eigenvalue weighted by molar-refractivity contribution is 14.0.